The average Bonchev–Trinajstić information content (AvgIpc) is 2.22. The van der Waals surface area contributed by atoms with Crippen LogP contribution in [0, 0.1) is 5.92 Å². The second-order valence-electron chi connectivity index (χ2n) is 5.59. The van der Waals surface area contributed by atoms with E-state index in [-0.39, 0.29) is 6.10 Å². The molecule has 2 heteroatoms. The zero-order valence-electron chi connectivity index (χ0n) is 9.91. The Balaban J connectivity index is 1.79. The fourth-order valence-electron chi connectivity index (χ4n) is 3.19. The maximum absolute atomic E-state index is 9.90. The van der Waals surface area contributed by atoms with Gasteiger partial charge in [-0.1, -0.05) is 32.6 Å². The van der Waals surface area contributed by atoms with Crippen molar-refractivity contribution < 1.29 is 5.11 Å². The standard InChI is InChI=1S/C13H25NO/c1-10-5-4-6-11(9-10)14-12-7-2-3-8-13(12)15/h10-15H,2-9H2,1H3/t10?,11?,12-,13-/m1/s1. The molecule has 0 spiro atoms. The molecule has 2 unspecified atom stereocenters. The van der Waals surface area contributed by atoms with Gasteiger partial charge in [-0.25, -0.2) is 0 Å². The summed E-state index contributed by atoms with van der Waals surface area (Å²) in [6.07, 6.45) is 9.96. The number of aliphatic hydroxyl groups is 1. The van der Waals surface area contributed by atoms with E-state index in [0.717, 1.165) is 12.3 Å². The first-order valence-corrected chi connectivity index (χ1v) is 6.70. The quantitative estimate of drug-likeness (QED) is 0.735. The number of hydrogen-bond acceptors (Lipinski definition) is 2. The third-order valence-electron chi connectivity index (χ3n) is 4.12. The molecule has 2 aliphatic rings. The van der Waals surface area contributed by atoms with Gasteiger partial charge in [-0.15, -0.1) is 0 Å². The predicted molar refractivity (Wildman–Crippen MR) is 62.8 cm³/mol. The fraction of sp³-hybridized carbons (Fsp3) is 1.00. The minimum Gasteiger partial charge on any atom is -0.392 e. The first kappa shape index (κ1) is 11.4. The van der Waals surface area contributed by atoms with Crippen LogP contribution >= 0.6 is 0 Å². The van der Waals surface area contributed by atoms with Crippen LogP contribution in [0.5, 0.6) is 0 Å². The molecule has 0 amide bonds. The molecule has 15 heavy (non-hydrogen) atoms. The van der Waals surface area contributed by atoms with E-state index in [0.29, 0.717) is 12.1 Å². The second-order valence-corrected chi connectivity index (χ2v) is 5.59. The molecule has 4 atom stereocenters. The van der Waals surface area contributed by atoms with Crippen molar-refractivity contribution in [2.45, 2.75) is 76.5 Å². The Morgan fingerprint density at radius 3 is 2.53 bits per heavy atom. The average molecular weight is 211 g/mol. The van der Waals surface area contributed by atoms with Crippen LogP contribution in [-0.4, -0.2) is 23.3 Å². The molecule has 2 saturated carbocycles. The summed E-state index contributed by atoms with van der Waals surface area (Å²) >= 11 is 0. The van der Waals surface area contributed by atoms with E-state index in [1.54, 1.807) is 0 Å². The van der Waals surface area contributed by atoms with E-state index in [1.807, 2.05) is 0 Å². The number of rotatable bonds is 2. The third-order valence-corrected chi connectivity index (χ3v) is 4.12. The van der Waals surface area contributed by atoms with Crippen LogP contribution in [0.25, 0.3) is 0 Å². The molecule has 0 radical (unpaired) electrons. The zero-order chi connectivity index (χ0) is 10.7. The molecule has 0 saturated heterocycles. The lowest BCUT2D eigenvalue weighted by atomic mass is 9.85. The van der Waals surface area contributed by atoms with Gasteiger partial charge in [0.2, 0.25) is 0 Å². The second kappa shape index (κ2) is 5.31. The first-order valence-electron chi connectivity index (χ1n) is 6.70. The molecule has 2 fully saturated rings. The maximum Gasteiger partial charge on any atom is 0.0693 e. The van der Waals surface area contributed by atoms with Crippen LogP contribution in [0.4, 0.5) is 0 Å². The van der Waals surface area contributed by atoms with Crippen molar-refractivity contribution in [1.82, 2.24) is 5.32 Å². The minimum atomic E-state index is -0.0871. The molecule has 0 heterocycles. The van der Waals surface area contributed by atoms with Gasteiger partial charge in [-0.05, 0) is 31.6 Å². The molecule has 2 nitrogen and oxygen atoms in total. The van der Waals surface area contributed by atoms with Gasteiger partial charge in [0.05, 0.1) is 6.10 Å². The Bertz CT molecular complexity index is 195. The molecule has 0 aromatic heterocycles. The van der Waals surface area contributed by atoms with E-state index >= 15 is 0 Å². The molecule has 0 aromatic rings. The predicted octanol–water partition coefficient (Wildman–Crippen LogP) is 2.46. The van der Waals surface area contributed by atoms with Crippen LogP contribution in [0.3, 0.4) is 0 Å². The van der Waals surface area contributed by atoms with Gasteiger partial charge in [-0.2, -0.15) is 0 Å². The Kier molecular flexibility index (Phi) is 4.04. The van der Waals surface area contributed by atoms with Crippen molar-refractivity contribution >= 4 is 0 Å². The zero-order valence-corrected chi connectivity index (χ0v) is 9.91. The van der Waals surface area contributed by atoms with E-state index in [4.69, 9.17) is 0 Å². The van der Waals surface area contributed by atoms with E-state index < -0.39 is 0 Å². The Morgan fingerprint density at radius 1 is 1.00 bits per heavy atom. The van der Waals surface area contributed by atoms with Crippen molar-refractivity contribution in [3.8, 4) is 0 Å². The van der Waals surface area contributed by atoms with E-state index in [9.17, 15) is 5.11 Å². The molecule has 0 bridgehead atoms. The number of hydrogen-bond donors (Lipinski definition) is 2. The van der Waals surface area contributed by atoms with Crippen LogP contribution in [0.2, 0.25) is 0 Å². The van der Waals surface area contributed by atoms with E-state index in [2.05, 4.69) is 12.2 Å². The summed E-state index contributed by atoms with van der Waals surface area (Å²) in [7, 11) is 0. The van der Waals surface area contributed by atoms with Crippen molar-refractivity contribution in [2.24, 2.45) is 5.92 Å². The number of nitrogens with one attached hydrogen (secondary N) is 1. The highest BCUT2D eigenvalue weighted by molar-refractivity contribution is 4.85. The van der Waals surface area contributed by atoms with Crippen molar-refractivity contribution in [1.29, 1.82) is 0 Å². The van der Waals surface area contributed by atoms with Gasteiger partial charge in [0.15, 0.2) is 0 Å². The van der Waals surface area contributed by atoms with Crippen LogP contribution in [0.15, 0.2) is 0 Å². The molecule has 0 aliphatic heterocycles. The van der Waals surface area contributed by atoms with Crippen LogP contribution in [0.1, 0.15) is 58.3 Å². The summed E-state index contributed by atoms with van der Waals surface area (Å²) in [6.45, 7) is 2.35. The topological polar surface area (TPSA) is 32.3 Å². The summed E-state index contributed by atoms with van der Waals surface area (Å²) in [5.74, 6) is 0.872. The lowest BCUT2D eigenvalue weighted by Gasteiger charge is -2.35. The summed E-state index contributed by atoms with van der Waals surface area (Å²) in [5.41, 5.74) is 0. The van der Waals surface area contributed by atoms with Gasteiger partial charge >= 0.3 is 0 Å². The minimum absolute atomic E-state index is 0.0871. The first-order chi connectivity index (χ1) is 7.25. The smallest absolute Gasteiger partial charge is 0.0693 e. The van der Waals surface area contributed by atoms with Crippen molar-refractivity contribution in [3.05, 3.63) is 0 Å². The maximum atomic E-state index is 9.90. The molecule has 0 aromatic carbocycles. The number of aliphatic hydroxyl groups excluding tert-OH is 1. The summed E-state index contributed by atoms with van der Waals surface area (Å²) in [6, 6.07) is 1.06. The summed E-state index contributed by atoms with van der Waals surface area (Å²) in [5, 5.41) is 13.6. The highest BCUT2D eigenvalue weighted by atomic mass is 16.3. The van der Waals surface area contributed by atoms with Gasteiger partial charge in [0.1, 0.15) is 0 Å². The Hall–Kier alpha value is -0.0800. The molecular formula is C13H25NO. The van der Waals surface area contributed by atoms with Crippen LogP contribution in [-0.2, 0) is 0 Å². The van der Waals surface area contributed by atoms with Gasteiger partial charge in [-0.3, -0.25) is 0 Å². The highest BCUT2D eigenvalue weighted by Gasteiger charge is 2.27. The molecule has 88 valence electrons. The molecular weight excluding hydrogens is 186 g/mol. The van der Waals surface area contributed by atoms with Crippen LogP contribution < -0.4 is 5.32 Å². The molecule has 2 rings (SSSR count). The third kappa shape index (κ3) is 3.18. The van der Waals surface area contributed by atoms with Crippen molar-refractivity contribution in [3.63, 3.8) is 0 Å². The Morgan fingerprint density at radius 2 is 1.80 bits per heavy atom. The summed E-state index contributed by atoms with van der Waals surface area (Å²) in [4.78, 5) is 0. The highest BCUT2D eigenvalue weighted by Crippen LogP contribution is 2.26. The normalized spacial score (nSPS) is 42.8. The van der Waals surface area contributed by atoms with Gasteiger partial charge in [0.25, 0.3) is 0 Å². The lowest BCUT2D eigenvalue weighted by molar-refractivity contribution is 0.0793. The Labute approximate surface area is 93.5 Å². The summed E-state index contributed by atoms with van der Waals surface area (Å²) < 4.78 is 0. The fourth-order valence-corrected chi connectivity index (χ4v) is 3.19. The van der Waals surface area contributed by atoms with E-state index in [1.165, 1.54) is 44.9 Å². The molecule has 2 N–H and O–H groups in total. The monoisotopic (exact) mass is 211 g/mol. The molecule has 2 aliphatic carbocycles. The lowest BCUT2D eigenvalue weighted by Crippen LogP contribution is -2.48. The largest absolute Gasteiger partial charge is 0.392 e. The SMILES string of the molecule is CC1CCCC(N[C@@H]2CCCC[C@H]2O)C1. The van der Waals surface area contributed by atoms with Crippen molar-refractivity contribution in [2.75, 3.05) is 0 Å². The van der Waals surface area contributed by atoms with Gasteiger partial charge in [0, 0.05) is 12.1 Å². The van der Waals surface area contributed by atoms with Gasteiger partial charge < -0.3 is 10.4 Å².